The predicted molar refractivity (Wildman–Crippen MR) is 71.3 cm³/mol. The summed E-state index contributed by atoms with van der Waals surface area (Å²) in [6.45, 7) is 4.95. The van der Waals surface area contributed by atoms with Crippen molar-refractivity contribution < 1.29 is 19.4 Å². The van der Waals surface area contributed by atoms with Gasteiger partial charge in [0.1, 0.15) is 0 Å². The number of carbonyl (C=O) groups excluding carboxylic acids is 1. The number of urea groups is 1. The molecule has 6 nitrogen and oxygen atoms in total. The van der Waals surface area contributed by atoms with E-state index in [1.165, 1.54) is 0 Å². The number of rotatable bonds is 3. The van der Waals surface area contributed by atoms with Gasteiger partial charge >= 0.3 is 12.0 Å². The molecule has 1 saturated carbocycles. The molecule has 2 atom stereocenters. The second-order valence-corrected chi connectivity index (χ2v) is 6.89. The van der Waals surface area contributed by atoms with Gasteiger partial charge < -0.3 is 20.1 Å². The van der Waals surface area contributed by atoms with Crippen LogP contribution in [0.15, 0.2) is 0 Å². The number of amides is 2. The van der Waals surface area contributed by atoms with Crippen LogP contribution in [0.4, 0.5) is 4.79 Å². The Labute approximate surface area is 118 Å². The van der Waals surface area contributed by atoms with Crippen molar-refractivity contribution in [2.45, 2.75) is 26.2 Å². The molecule has 0 unspecified atom stereocenters. The first kappa shape index (κ1) is 13.7. The molecule has 3 fully saturated rings. The molecule has 3 aliphatic rings. The van der Waals surface area contributed by atoms with Crippen molar-refractivity contribution in [3.8, 4) is 0 Å². The maximum absolute atomic E-state index is 12.2. The summed E-state index contributed by atoms with van der Waals surface area (Å²) in [6.07, 6.45) is 2.58. The topological polar surface area (TPSA) is 78.9 Å². The van der Waals surface area contributed by atoms with Gasteiger partial charge in [-0.15, -0.1) is 0 Å². The van der Waals surface area contributed by atoms with Crippen molar-refractivity contribution >= 4 is 12.0 Å². The van der Waals surface area contributed by atoms with Crippen LogP contribution >= 0.6 is 0 Å². The van der Waals surface area contributed by atoms with E-state index in [0.717, 1.165) is 12.8 Å². The quantitative estimate of drug-likeness (QED) is 0.807. The second kappa shape index (κ2) is 4.62. The zero-order valence-electron chi connectivity index (χ0n) is 11.9. The van der Waals surface area contributed by atoms with Crippen molar-refractivity contribution in [3.63, 3.8) is 0 Å². The highest BCUT2D eigenvalue weighted by Crippen LogP contribution is 2.48. The fraction of sp³-hybridized carbons (Fsp3) is 0.857. The Morgan fingerprint density at radius 3 is 2.75 bits per heavy atom. The first-order valence-corrected chi connectivity index (χ1v) is 7.29. The number of nitrogens with zero attached hydrogens (tertiary/aromatic N) is 1. The number of aliphatic carboxylic acids is 1. The zero-order chi connectivity index (χ0) is 14.4. The molecule has 1 aliphatic carbocycles. The molecule has 2 aliphatic heterocycles. The maximum Gasteiger partial charge on any atom is 0.317 e. The van der Waals surface area contributed by atoms with Crippen molar-refractivity contribution in [1.29, 1.82) is 0 Å². The van der Waals surface area contributed by atoms with E-state index in [2.05, 4.69) is 12.2 Å². The molecule has 0 radical (unpaired) electrons. The van der Waals surface area contributed by atoms with Gasteiger partial charge in [0.15, 0.2) is 0 Å². The summed E-state index contributed by atoms with van der Waals surface area (Å²) < 4.78 is 5.16. The number of likely N-dealkylation sites (tertiary alicyclic amines) is 1. The summed E-state index contributed by atoms with van der Waals surface area (Å²) in [4.78, 5) is 25.5. The number of nitrogens with one attached hydrogen (secondary N) is 1. The fourth-order valence-electron chi connectivity index (χ4n) is 3.75. The highest BCUT2D eigenvalue weighted by Gasteiger charge is 2.55. The zero-order valence-corrected chi connectivity index (χ0v) is 11.9. The molecule has 6 heteroatoms. The van der Waals surface area contributed by atoms with E-state index < -0.39 is 11.4 Å². The van der Waals surface area contributed by atoms with Crippen LogP contribution in [-0.4, -0.2) is 54.9 Å². The van der Waals surface area contributed by atoms with E-state index in [4.69, 9.17) is 4.74 Å². The number of fused-ring (bicyclic) bond motifs is 1. The fourth-order valence-corrected chi connectivity index (χ4v) is 3.75. The third kappa shape index (κ3) is 2.06. The van der Waals surface area contributed by atoms with Crippen LogP contribution in [0.1, 0.15) is 26.2 Å². The number of ether oxygens (including phenoxy) is 1. The highest BCUT2D eigenvalue weighted by molar-refractivity contribution is 5.80. The monoisotopic (exact) mass is 282 g/mol. The lowest BCUT2D eigenvalue weighted by Gasteiger charge is -2.38. The Hall–Kier alpha value is -1.30. The number of carboxylic acid groups (broad SMARTS) is 1. The molecule has 0 aromatic carbocycles. The first-order valence-electron chi connectivity index (χ1n) is 7.29. The molecular weight excluding hydrogens is 260 g/mol. The number of hydrogen-bond donors (Lipinski definition) is 2. The lowest BCUT2D eigenvalue weighted by atomic mass is 9.81. The number of carboxylic acids is 1. The third-order valence-corrected chi connectivity index (χ3v) is 5.15. The van der Waals surface area contributed by atoms with Crippen LogP contribution in [0.3, 0.4) is 0 Å². The molecule has 2 amide bonds. The van der Waals surface area contributed by atoms with E-state index in [0.29, 0.717) is 39.3 Å². The normalized spacial score (nSPS) is 34.5. The lowest BCUT2D eigenvalue weighted by Crippen LogP contribution is -2.51. The smallest absolute Gasteiger partial charge is 0.317 e. The van der Waals surface area contributed by atoms with Crippen LogP contribution < -0.4 is 5.32 Å². The molecule has 3 rings (SSSR count). The second-order valence-electron chi connectivity index (χ2n) is 6.89. The van der Waals surface area contributed by atoms with Gasteiger partial charge in [-0.1, -0.05) is 13.3 Å². The van der Waals surface area contributed by atoms with Crippen molar-refractivity contribution in [3.05, 3.63) is 0 Å². The summed E-state index contributed by atoms with van der Waals surface area (Å²) in [5.41, 5.74) is -0.656. The standard InChI is InChI=1S/C14H22N2O4/c1-13(8-20-9-13)6-15-12(19)16-5-10-3-2-4-14(10,7-16)11(17)18/h10H,2-9H2,1H3,(H,15,19)(H,17,18)/t10-,14+/m0/s1. The third-order valence-electron chi connectivity index (χ3n) is 5.15. The molecular formula is C14H22N2O4. The van der Waals surface area contributed by atoms with E-state index in [-0.39, 0.29) is 17.4 Å². The Morgan fingerprint density at radius 2 is 2.20 bits per heavy atom. The Balaban J connectivity index is 1.59. The average Bonchev–Trinajstić information content (AvgIpc) is 2.90. The van der Waals surface area contributed by atoms with Gasteiger partial charge in [0.2, 0.25) is 0 Å². The van der Waals surface area contributed by atoms with E-state index >= 15 is 0 Å². The molecule has 112 valence electrons. The molecule has 0 aromatic rings. The van der Waals surface area contributed by atoms with Gasteiger partial charge in [-0.25, -0.2) is 4.79 Å². The SMILES string of the molecule is CC1(CNC(=O)N2C[C@@H]3CCC[C@@]3(C(=O)O)C2)COC1. The van der Waals surface area contributed by atoms with Crippen molar-refractivity contribution in [2.24, 2.45) is 16.7 Å². The maximum atomic E-state index is 12.2. The summed E-state index contributed by atoms with van der Waals surface area (Å²) in [5, 5.41) is 12.4. The van der Waals surface area contributed by atoms with Gasteiger partial charge in [0.25, 0.3) is 0 Å². The van der Waals surface area contributed by atoms with Crippen LogP contribution in [-0.2, 0) is 9.53 Å². The van der Waals surface area contributed by atoms with Crippen molar-refractivity contribution in [1.82, 2.24) is 10.2 Å². The van der Waals surface area contributed by atoms with Crippen LogP contribution in [0.2, 0.25) is 0 Å². The summed E-state index contributed by atoms with van der Waals surface area (Å²) in [5.74, 6) is -0.622. The minimum atomic E-state index is -0.741. The van der Waals surface area contributed by atoms with E-state index in [1.807, 2.05) is 0 Å². The predicted octanol–water partition coefficient (Wildman–Crippen LogP) is 0.919. The molecule has 2 N–H and O–H groups in total. The Kier molecular flexibility index (Phi) is 3.16. The lowest BCUT2D eigenvalue weighted by molar-refractivity contribution is -0.149. The van der Waals surface area contributed by atoms with Gasteiger partial charge in [-0.3, -0.25) is 4.79 Å². The Bertz CT molecular complexity index is 435. The molecule has 0 aromatic heterocycles. The molecule has 2 saturated heterocycles. The van der Waals surface area contributed by atoms with E-state index in [1.54, 1.807) is 4.90 Å². The van der Waals surface area contributed by atoms with Gasteiger partial charge in [0, 0.05) is 25.0 Å². The Morgan fingerprint density at radius 1 is 1.45 bits per heavy atom. The van der Waals surface area contributed by atoms with E-state index in [9.17, 15) is 14.7 Å². The average molecular weight is 282 g/mol. The highest BCUT2D eigenvalue weighted by atomic mass is 16.5. The van der Waals surface area contributed by atoms with Gasteiger partial charge in [-0.2, -0.15) is 0 Å². The van der Waals surface area contributed by atoms with Crippen LogP contribution in [0.5, 0.6) is 0 Å². The van der Waals surface area contributed by atoms with Gasteiger partial charge in [-0.05, 0) is 18.8 Å². The summed E-state index contributed by atoms with van der Waals surface area (Å²) in [6, 6.07) is -0.131. The minimum Gasteiger partial charge on any atom is -0.481 e. The number of hydrogen-bond acceptors (Lipinski definition) is 3. The first-order chi connectivity index (χ1) is 9.45. The minimum absolute atomic E-state index is 0.0374. The molecule has 0 bridgehead atoms. The summed E-state index contributed by atoms with van der Waals surface area (Å²) >= 11 is 0. The van der Waals surface area contributed by atoms with Gasteiger partial charge in [0.05, 0.1) is 18.6 Å². The van der Waals surface area contributed by atoms with Crippen LogP contribution in [0.25, 0.3) is 0 Å². The molecule has 0 spiro atoms. The number of carbonyl (C=O) groups is 2. The largest absolute Gasteiger partial charge is 0.481 e. The van der Waals surface area contributed by atoms with Crippen molar-refractivity contribution in [2.75, 3.05) is 32.8 Å². The summed E-state index contributed by atoms with van der Waals surface area (Å²) in [7, 11) is 0. The van der Waals surface area contributed by atoms with Crippen LogP contribution in [0, 0.1) is 16.7 Å². The molecule has 2 heterocycles. The molecule has 20 heavy (non-hydrogen) atoms.